The summed E-state index contributed by atoms with van der Waals surface area (Å²) in [4.78, 5) is 15.4. The Morgan fingerprint density at radius 2 is 2.18 bits per heavy atom. The van der Waals surface area contributed by atoms with E-state index in [1.807, 2.05) is 12.1 Å². The summed E-state index contributed by atoms with van der Waals surface area (Å²) in [6.07, 6.45) is 1.93. The molecule has 0 atom stereocenters. The quantitative estimate of drug-likeness (QED) is 0.867. The van der Waals surface area contributed by atoms with Crippen molar-refractivity contribution >= 4 is 33.0 Å². The molecular formula is C12H17BrN2OS. The third-order valence-electron chi connectivity index (χ3n) is 3.22. The Bertz CT molecular complexity index is 386. The van der Waals surface area contributed by atoms with Crippen LogP contribution in [0.15, 0.2) is 15.9 Å². The van der Waals surface area contributed by atoms with Gasteiger partial charge in [0, 0.05) is 19.0 Å². The molecule has 1 aliphatic rings. The van der Waals surface area contributed by atoms with Crippen LogP contribution in [0, 0.1) is 5.92 Å². The fourth-order valence-electron chi connectivity index (χ4n) is 2.25. The van der Waals surface area contributed by atoms with E-state index in [0.717, 1.165) is 41.1 Å². The largest absolute Gasteiger partial charge is 0.329 e. The highest BCUT2D eigenvalue weighted by Gasteiger charge is 2.26. The van der Waals surface area contributed by atoms with Crippen LogP contribution in [0.3, 0.4) is 0 Å². The van der Waals surface area contributed by atoms with Gasteiger partial charge in [-0.3, -0.25) is 4.79 Å². The van der Waals surface area contributed by atoms with E-state index in [0.29, 0.717) is 12.3 Å². The van der Waals surface area contributed by atoms with Gasteiger partial charge in [0.05, 0.1) is 8.66 Å². The van der Waals surface area contributed by atoms with Crippen molar-refractivity contribution in [1.29, 1.82) is 0 Å². The lowest BCUT2D eigenvalue weighted by Gasteiger charge is -2.30. The zero-order valence-corrected chi connectivity index (χ0v) is 12.1. The summed E-state index contributed by atoms with van der Waals surface area (Å²) >= 11 is 4.93. The highest BCUT2D eigenvalue weighted by molar-refractivity contribution is 9.11. The maximum atomic E-state index is 12.2. The van der Waals surface area contributed by atoms with Crippen LogP contribution < -0.4 is 5.73 Å². The van der Waals surface area contributed by atoms with Gasteiger partial charge < -0.3 is 10.6 Å². The predicted molar refractivity (Wildman–Crippen MR) is 74.6 cm³/mol. The molecule has 5 heteroatoms. The second kappa shape index (κ2) is 6.09. The van der Waals surface area contributed by atoms with Gasteiger partial charge in [0.15, 0.2) is 5.78 Å². The molecular weight excluding hydrogens is 300 g/mol. The van der Waals surface area contributed by atoms with E-state index in [2.05, 4.69) is 20.8 Å². The van der Waals surface area contributed by atoms with Crippen molar-refractivity contribution in [3.05, 3.63) is 20.8 Å². The standard InChI is InChI=1S/C12H17BrN2OS/c13-11-2-1-10(17-11)12(16)9-3-6-15(7-4-9)8-5-14/h1-2,9H,3-8,14H2. The maximum absolute atomic E-state index is 12.2. The SMILES string of the molecule is NCCN1CCC(C(=O)c2ccc(Br)s2)CC1. The normalized spacial score (nSPS) is 18.5. The van der Waals surface area contributed by atoms with Crippen molar-refractivity contribution in [2.75, 3.05) is 26.2 Å². The van der Waals surface area contributed by atoms with E-state index in [-0.39, 0.29) is 5.92 Å². The lowest BCUT2D eigenvalue weighted by atomic mass is 9.92. The van der Waals surface area contributed by atoms with Crippen molar-refractivity contribution in [2.45, 2.75) is 12.8 Å². The first-order valence-corrected chi connectivity index (χ1v) is 7.53. The second-order valence-electron chi connectivity index (χ2n) is 4.37. The van der Waals surface area contributed by atoms with Gasteiger partial charge in [-0.2, -0.15) is 0 Å². The number of piperidine rings is 1. The molecule has 1 saturated heterocycles. The third-order valence-corrected chi connectivity index (χ3v) is 4.86. The lowest BCUT2D eigenvalue weighted by molar-refractivity contribution is 0.0847. The van der Waals surface area contributed by atoms with Gasteiger partial charge in [-0.05, 0) is 54.0 Å². The summed E-state index contributed by atoms with van der Waals surface area (Å²) in [5.74, 6) is 0.516. The van der Waals surface area contributed by atoms with Crippen molar-refractivity contribution in [3.63, 3.8) is 0 Å². The maximum Gasteiger partial charge on any atom is 0.175 e. The number of ketones is 1. The highest BCUT2D eigenvalue weighted by Crippen LogP contribution is 2.28. The molecule has 0 bridgehead atoms. The van der Waals surface area contributed by atoms with E-state index in [1.165, 1.54) is 11.3 Å². The molecule has 94 valence electrons. The topological polar surface area (TPSA) is 46.3 Å². The molecule has 0 amide bonds. The van der Waals surface area contributed by atoms with Crippen LogP contribution in [0.2, 0.25) is 0 Å². The number of halogens is 1. The summed E-state index contributed by atoms with van der Waals surface area (Å²) < 4.78 is 1.03. The number of carbonyl (C=O) groups excluding carboxylic acids is 1. The molecule has 2 heterocycles. The number of Topliss-reactive ketones (excluding diaryl/α,β-unsaturated/α-hetero) is 1. The van der Waals surface area contributed by atoms with Gasteiger partial charge >= 0.3 is 0 Å². The minimum atomic E-state index is 0.203. The zero-order chi connectivity index (χ0) is 12.3. The first-order valence-electron chi connectivity index (χ1n) is 5.92. The monoisotopic (exact) mass is 316 g/mol. The lowest BCUT2D eigenvalue weighted by Crippen LogP contribution is -2.38. The average Bonchev–Trinajstić information content (AvgIpc) is 2.76. The van der Waals surface area contributed by atoms with Gasteiger partial charge in [0.2, 0.25) is 0 Å². The smallest absolute Gasteiger partial charge is 0.175 e. The average molecular weight is 317 g/mol. The Labute approximate surface area is 114 Å². The van der Waals surface area contributed by atoms with E-state index in [4.69, 9.17) is 5.73 Å². The molecule has 0 radical (unpaired) electrons. The van der Waals surface area contributed by atoms with Crippen LogP contribution in [-0.2, 0) is 0 Å². The molecule has 1 aromatic heterocycles. The Hall–Kier alpha value is -0.230. The Kier molecular flexibility index (Phi) is 4.73. The van der Waals surface area contributed by atoms with Crippen molar-refractivity contribution in [1.82, 2.24) is 4.90 Å². The van der Waals surface area contributed by atoms with Crippen LogP contribution in [0.1, 0.15) is 22.5 Å². The number of nitrogens with zero attached hydrogens (tertiary/aromatic N) is 1. The number of hydrogen-bond acceptors (Lipinski definition) is 4. The first kappa shape index (κ1) is 13.2. The summed E-state index contributed by atoms with van der Waals surface area (Å²) in [6, 6.07) is 3.87. The van der Waals surface area contributed by atoms with Gasteiger partial charge in [-0.15, -0.1) is 11.3 Å². The fourth-order valence-corrected chi connectivity index (χ4v) is 3.65. The number of likely N-dealkylation sites (tertiary alicyclic amines) is 1. The van der Waals surface area contributed by atoms with Crippen molar-refractivity contribution in [3.8, 4) is 0 Å². The molecule has 0 spiro atoms. The van der Waals surface area contributed by atoms with Crippen molar-refractivity contribution in [2.24, 2.45) is 11.7 Å². The molecule has 0 aromatic carbocycles. The summed E-state index contributed by atoms with van der Waals surface area (Å²) in [7, 11) is 0. The van der Waals surface area contributed by atoms with Gasteiger partial charge in [0.25, 0.3) is 0 Å². The Balaban J connectivity index is 1.90. The molecule has 17 heavy (non-hydrogen) atoms. The molecule has 2 N–H and O–H groups in total. The molecule has 1 fully saturated rings. The second-order valence-corrected chi connectivity index (χ2v) is 6.84. The molecule has 1 aliphatic heterocycles. The van der Waals surface area contributed by atoms with E-state index < -0.39 is 0 Å². The fraction of sp³-hybridized carbons (Fsp3) is 0.583. The molecule has 3 nitrogen and oxygen atoms in total. The summed E-state index contributed by atoms with van der Waals surface area (Å²) in [5, 5.41) is 0. The predicted octanol–water partition coefficient (Wildman–Crippen LogP) is 2.36. The molecule has 1 aromatic rings. The molecule has 0 saturated carbocycles. The number of rotatable bonds is 4. The summed E-state index contributed by atoms with van der Waals surface area (Å²) in [5.41, 5.74) is 5.54. The van der Waals surface area contributed by atoms with Crippen LogP contribution >= 0.6 is 27.3 Å². The molecule has 0 aliphatic carbocycles. The summed E-state index contributed by atoms with van der Waals surface area (Å²) in [6.45, 7) is 3.66. The van der Waals surface area contributed by atoms with Crippen LogP contribution in [0.5, 0.6) is 0 Å². The zero-order valence-electron chi connectivity index (χ0n) is 9.69. The highest BCUT2D eigenvalue weighted by atomic mass is 79.9. The Morgan fingerprint density at radius 1 is 1.47 bits per heavy atom. The van der Waals surface area contributed by atoms with E-state index in [9.17, 15) is 4.79 Å². The van der Waals surface area contributed by atoms with Crippen LogP contribution in [-0.4, -0.2) is 36.9 Å². The van der Waals surface area contributed by atoms with Gasteiger partial charge in [-0.1, -0.05) is 0 Å². The minimum absolute atomic E-state index is 0.203. The van der Waals surface area contributed by atoms with Crippen molar-refractivity contribution < 1.29 is 4.79 Å². The number of hydrogen-bond donors (Lipinski definition) is 1. The molecule has 2 rings (SSSR count). The number of nitrogens with two attached hydrogens (primary N) is 1. The first-order chi connectivity index (χ1) is 8.20. The van der Waals surface area contributed by atoms with E-state index >= 15 is 0 Å². The third kappa shape index (κ3) is 3.37. The number of carbonyl (C=O) groups is 1. The number of thiophene rings is 1. The van der Waals surface area contributed by atoms with Gasteiger partial charge in [-0.25, -0.2) is 0 Å². The van der Waals surface area contributed by atoms with Crippen LogP contribution in [0.25, 0.3) is 0 Å². The molecule has 0 unspecified atom stereocenters. The Morgan fingerprint density at radius 3 is 2.71 bits per heavy atom. The minimum Gasteiger partial charge on any atom is -0.329 e. The van der Waals surface area contributed by atoms with Gasteiger partial charge in [0.1, 0.15) is 0 Å². The van der Waals surface area contributed by atoms with Crippen LogP contribution in [0.4, 0.5) is 0 Å². The van der Waals surface area contributed by atoms with E-state index in [1.54, 1.807) is 0 Å².